The van der Waals surface area contributed by atoms with E-state index in [0.717, 1.165) is 18.7 Å². The largest absolute Gasteiger partial charge is 0.315 e. The summed E-state index contributed by atoms with van der Waals surface area (Å²) in [5, 5.41) is 3.36. The molecule has 0 amide bonds. The Bertz CT molecular complexity index is 276. The molecule has 0 aromatic rings. The van der Waals surface area contributed by atoms with Crippen molar-refractivity contribution in [1.29, 1.82) is 0 Å². The minimum atomic E-state index is -2.41. The number of hydrogen-bond acceptors (Lipinski definition) is 3. The maximum atomic E-state index is 13.2. The fraction of sp³-hybridized carbons (Fsp3) is 1.00. The number of halogens is 2. The Kier molecular flexibility index (Phi) is 4.89. The van der Waals surface area contributed by atoms with E-state index in [1.807, 2.05) is 18.8 Å². The first-order chi connectivity index (χ1) is 8.52. The first-order valence-electron chi connectivity index (χ1n) is 6.85. The molecule has 106 valence electrons. The second kappa shape index (κ2) is 6.06. The van der Waals surface area contributed by atoms with Crippen LogP contribution in [0.3, 0.4) is 0 Å². The number of nitrogens with one attached hydrogen (secondary N) is 1. The van der Waals surface area contributed by atoms with Crippen molar-refractivity contribution in [1.82, 2.24) is 10.2 Å². The highest BCUT2D eigenvalue weighted by molar-refractivity contribution is 7.99. The zero-order valence-electron chi connectivity index (χ0n) is 11.3. The van der Waals surface area contributed by atoms with E-state index in [1.165, 1.54) is 5.75 Å². The standard InChI is InChI=1S/C13H24F2N2S/c1-16-11(12-9-18-6-5-17(12)2)7-10-3-4-13(14,15)8-10/h10-12,16H,3-9H2,1-2H3. The van der Waals surface area contributed by atoms with Crippen LogP contribution in [0.1, 0.15) is 25.7 Å². The molecule has 1 N–H and O–H groups in total. The predicted octanol–water partition coefficient (Wildman–Crippen LogP) is 2.45. The minimum absolute atomic E-state index is 0.0867. The predicted molar refractivity (Wildman–Crippen MR) is 73.5 cm³/mol. The first kappa shape index (κ1) is 14.5. The van der Waals surface area contributed by atoms with Crippen LogP contribution in [-0.2, 0) is 0 Å². The Balaban J connectivity index is 1.89. The molecule has 0 aromatic carbocycles. The molecule has 2 rings (SSSR count). The van der Waals surface area contributed by atoms with Crippen LogP contribution in [0.15, 0.2) is 0 Å². The Morgan fingerprint density at radius 1 is 1.50 bits per heavy atom. The molecule has 0 bridgehead atoms. The third-order valence-electron chi connectivity index (χ3n) is 4.37. The van der Waals surface area contributed by atoms with E-state index in [4.69, 9.17) is 0 Å². The van der Waals surface area contributed by atoms with E-state index >= 15 is 0 Å². The molecule has 1 heterocycles. The van der Waals surface area contributed by atoms with Crippen molar-refractivity contribution in [2.75, 3.05) is 32.1 Å². The summed E-state index contributed by atoms with van der Waals surface area (Å²) in [7, 11) is 4.11. The lowest BCUT2D eigenvalue weighted by atomic mass is 9.93. The van der Waals surface area contributed by atoms with Crippen molar-refractivity contribution in [3.63, 3.8) is 0 Å². The molecule has 1 saturated carbocycles. The van der Waals surface area contributed by atoms with Gasteiger partial charge in [0.25, 0.3) is 0 Å². The van der Waals surface area contributed by atoms with Gasteiger partial charge in [-0.15, -0.1) is 0 Å². The van der Waals surface area contributed by atoms with Crippen LogP contribution in [0, 0.1) is 5.92 Å². The van der Waals surface area contributed by atoms with Gasteiger partial charge in [-0.25, -0.2) is 8.78 Å². The number of alkyl halides is 2. The van der Waals surface area contributed by atoms with Crippen molar-refractivity contribution in [3.8, 4) is 0 Å². The highest BCUT2D eigenvalue weighted by Crippen LogP contribution is 2.41. The summed E-state index contributed by atoms with van der Waals surface area (Å²) in [6.07, 6.45) is 1.76. The number of thioether (sulfide) groups is 1. The van der Waals surface area contributed by atoms with Gasteiger partial charge in [0.15, 0.2) is 0 Å². The van der Waals surface area contributed by atoms with Crippen molar-refractivity contribution in [2.45, 2.75) is 43.7 Å². The van der Waals surface area contributed by atoms with E-state index < -0.39 is 5.92 Å². The Labute approximate surface area is 113 Å². The molecule has 3 unspecified atom stereocenters. The van der Waals surface area contributed by atoms with E-state index in [9.17, 15) is 8.78 Å². The van der Waals surface area contributed by atoms with Gasteiger partial charge >= 0.3 is 0 Å². The minimum Gasteiger partial charge on any atom is -0.315 e. The van der Waals surface area contributed by atoms with E-state index in [2.05, 4.69) is 17.3 Å². The van der Waals surface area contributed by atoms with Crippen LogP contribution >= 0.6 is 11.8 Å². The average Bonchev–Trinajstić information content (AvgIpc) is 2.67. The van der Waals surface area contributed by atoms with Gasteiger partial charge < -0.3 is 10.2 Å². The van der Waals surface area contributed by atoms with Crippen LogP contribution in [0.25, 0.3) is 0 Å². The summed E-state index contributed by atoms with van der Waals surface area (Å²) in [5.74, 6) is 0.0875. The van der Waals surface area contributed by atoms with Crippen LogP contribution in [0.4, 0.5) is 8.78 Å². The van der Waals surface area contributed by atoms with Crippen molar-refractivity contribution in [3.05, 3.63) is 0 Å². The zero-order chi connectivity index (χ0) is 13.2. The quantitative estimate of drug-likeness (QED) is 0.850. The topological polar surface area (TPSA) is 15.3 Å². The normalized spacial score (nSPS) is 34.7. The van der Waals surface area contributed by atoms with E-state index in [0.29, 0.717) is 18.5 Å². The molecule has 0 radical (unpaired) electrons. The summed E-state index contributed by atoms with van der Waals surface area (Å²) in [6.45, 7) is 1.11. The van der Waals surface area contributed by atoms with Gasteiger partial charge in [0.2, 0.25) is 5.92 Å². The van der Waals surface area contributed by atoms with Crippen LogP contribution < -0.4 is 5.32 Å². The number of nitrogens with zero attached hydrogens (tertiary/aromatic N) is 1. The molecule has 1 saturated heterocycles. The second-order valence-electron chi connectivity index (χ2n) is 5.72. The molecule has 0 aromatic heterocycles. The molecule has 2 nitrogen and oxygen atoms in total. The molecule has 2 aliphatic rings. The molecule has 1 aliphatic heterocycles. The zero-order valence-corrected chi connectivity index (χ0v) is 12.1. The molecular weight excluding hydrogens is 254 g/mol. The second-order valence-corrected chi connectivity index (χ2v) is 6.87. The lowest BCUT2D eigenvalue weighted by Crippen LogP contribution is -2.52. The summed E-state index contributed by atoms with van der Waals surface area (Å²) in [5.41, 5.74) is 0. The lowest BCUT2D eigenvalue weighted by molar-refractivity contribution is 0.00393. The monoisotopic (exact) mass is 278 g/mol. The summed E-state index contributed by atoms with van der Waals surface area (Å²) >= 11 is 1.98. The van der Waals surface area contributed by atoms with Crippen molar-refractivity contribution < 1.29 is 8.78 Å². The van der Waals surface area contributed by atoms with Gasteiger partial charge in [0, 0.05) is 43.0 Å². The van der Waals surface area contributed by atoms with Crippen molar-refractivity contribution in [2.24, 2.45) is 5.92 Å². The Morgan fingerprint density at radius 3 is 2.83 bits per heavy atom. The van der Waals surface area contributed by atoms with Crippen LogP contribution in [0.2, 0.25) is 0 Å². The summed E-state index contributed by atoms with van der Waals surface area (Å²) in [4.78, 5) is 2.38. The molecule has 18 heavy (non-hydrogen) atoms. The third-order valence-corrected chi connectivity index (χ3v) is 5.42. The lowest BCUT2D eigenvalue weighted by Gasteiger charge is -2.38. The molecular formula is C13H24F2N2S. The van der Waals surface area contributed by atoms with Crippen molar-refractivity contribution >= 4 is 11.8 Å². The Hall–Kier alpha value is 0.130. The number of hydrogen-bond donors (Lipinski definition) is 1. The smallest absolute Gasteiger partial charge is 0.248 e. The van der Waals surface area contributed by atoms with Crippen LogP contribution in [0.5, 0.6) is 0 Å². The third kappa shape index (κ3) is 3.58. The molecule has 5 heteroatoms. The highest BCUT2D eigenvalue weighted by atomic mass is 32.2. The Morgan fingerprint density at radius 2 is 2.28 bits per heavy atom. The fourth-order valence-electron chi connectivity index (χ4n) is 3.20. The van der Waals surface area contributed by atoms with Gasteiger partial charge in [-0.05, 0) is 32.9 Å². The number of likely N-dealkylation sites (N-methyl/N-ethyl adjacent to an activating group) is 2. The van der Waals surface area contributed by atoms with Gasteiger partial charge in [-0.3, -0.25) is 0 Å². The molecule has 1 aliphatic carbocycles. The first-order valence-corrected chi connectivity index (χ1v) is 8.00. The highest BCUT2D eigenvalue weighted by Gasteiger charge is 2.41. The maximum Gasteiger partial charge on any atom is 0.248 e. The van der Waals surface area contributed by atoms with Crippen LogP contribution in [-0.4, -0.2) is 55.1 Å². The number of rotatable bonds is 4. The van der Waals surface area contributed by atoms with Gasteiger partial charge in [-0.2, -0.15) is 11.8 Å². The summed E-state index contributed by atoms with van der Waals surface area (Å²) < 4.78 is 26.5. The SMILES string of the molecule is CNC(CC1CCC(F)(F)C1)C1CSCCN1C. The van der Waals surface area contributed by atoms with E-state index in [-0.39, 0.29) is 18.8 Å². The van der Waals surface area contributed by atoms with E-state index in [1.54, 1.807) is 0 Å². The van der Waals surface area contributed by atoms with Gasteiger partial charge in [0.05, 0.1) is 0 Å². The van der Waals surface area contributed by atoms with Gasteiger partial charge in [-0.1, -0.05) is 0 Å². The molecule has 0 spiro atoms. The summed E-state index contributed by atoms with van der Waals surface area (Å²) in [6, 6.07) is 0.838. The maximum absolute atomic E-state index is 13.2. The van der Waals surface area contributed by atoms with Gasteiger partial charge in [0.1, 0.15) is 0 Å². The average molecular weight is 278 g/mol. The molecule has 3 atom stereocenters. The molecule has 2 fully saturated rings. The fourth-order valence-corrected chi connectivity index (χ4v) is 4.51.